The summed E-state index contributed by atoms with van der Waals surface area (Å²) in [7, 11) is 3.38. The van der Waals surface area contributed by atoms with Gasteiger partial charge in [0.2, 0.25) is 5.91 Å². The van der Waals surface area contributed by atoms with Gasteiger partial charge in [0.25, 0.3) is 5.91 Å². The molecule has 21 heavy (non-hydrogen) atoms. The van der Waals surface area contributed by atoms with E-state index in [9.17, 15) is 9.59 Å². The van der Waals surface area contributed by atoms with Gasteiger partial charge in [-0.1, -0.05) is 6.08 Å². The van der Waals surface area contributed by atoms with E-state index in [0.717, 1.165) is 5.70 Å². The maximum absolute atomic E-state index is 12.7. The number of hydrogen-bond donors (Lipinski definition) is 0. The highest BCUT2D eigenvalue weighted by Crippen LogP contribution is 2.32. The van der Waals surface area contributed by atoms with E-state index < -0.39 is 11.8 Å². The number of amidine groups is 1. The van der Waals surface area contributed by atoms with Crippen LogP contribution in [0.2, 0.25) is 0 Å². The number of carbonyl (C=O) groups excluding carboxylic acids is 2. The number of ether oxygens (including phenoxy) is 1. The molecule has 2 unspecified atom stereocenters. The molecule has 0 N–H and O–H groups in total. The number of hydrazone groups is 1. The fourth-order valence-electron chi connectivity index (χ4n) is 3.02. The highest BCUT2D eigenvalue weighted by molar-refractivity contribution is 6.10. The molecule has 114 valence electrons. The molecule has 3 heterocycles. The third-order valence-electron chi connectivity index (χ3n) is 4.38. The summed E-state index contributed by atoms with van der Waals surface area (Å²) in [6.45, 7) is 4.48. The van der Waals surface area contributed by atoms with E-state index in [1.54, 1.807) is 19.0 Å². The van der Waals surface area contributed by atoms with Gasteiger partial charge in [-0.3, -0.25) is 9.59 Å². The Morgan fingerprint density at radius 3 is 2.52 bits per heavy atom. The van der Waals surface area contributed by atoms with Crippen LogP contribution in [0.15, 0.2) is 16.9 Å². The molecule has 7 heteroatoms. The fraction of sp³-hybridized carbons (Fsp3) is 0.643. The van der Waals surface area contributed by atoms with Gasteiger partial charge in [0.05, 0.1) is 19.1 Å². The summed E-state index contributed by atoms with van der Waals surface area (Å²) in [6.07, 6.45) is 1.88. The SMILES string of the molecule is CC1=CC2C(=O)N(C)N=C(N3CCOCC3)C2C(=O)N1C. The first kappa shape index (κ1) is 14.1. The van der Waals surface area contributed by atoms with Gasteiger partial charge >= 0.3 is 0 Å². The van der Waals surface area contributed by atoms with Gasteiger partial charge in [-0.15, -0.1) is 0 Å². The zero-order valence-corrected chi connectivity index (χ0v) is 12.6. The lowest BCUT2D eigenvalue weighted by Gasteiger charge is -2.42. The Balaban J connectivity index is 2.01. The number of hydrogen-bond acceptors (Lipinski definition) is 5. The van der Waals surface area contributed by atoms with Crippen LogP contribution in [0.5, 0.6) is 0 Å². The fourth-order valence-corrected chi connectivity index (χ4v) is 3.02. The number of fused-ring (bicyclic) bond motifs is 1. The normalized spacial score (nSPS) is 30.1. The summed E-state index contributed by atoms with van der Waals surface area (Å²) in [4.78, 5) is 28.7. The van der Waals surface area contributed by atoms with E-state index >= 15 is 0 Å². The minimum Gasteiger partial charge on any atom is -0.378 e. The summed E-state index contributed by atoms with van der Waals surface area (Å²) >= 11 is 0. The van der Waals surface area contributed by atoms with Crippen molar-refractivity contribution in [3.05, 3.63) is 11.8 Å². The van der Waals surface area contributed by atoms with Crippen LogP contribution >= 0.6 is 0 Å². The Kier molecular flexibility index (Phi) is 3.44. The second-order valence-electron chi connectivity index (χ2n) is 5.63. The van der Waals surface area contributed by atoms with Gasteiger partial charge in [-0.05, 0) is 6.92 Å². The summed E-state index contributed by atoms with van der Waals surface area (Å²) in [5, 5.41) is 5.73. The van der Waals surface area contributed by atoms with Gasteiger partial charge < -0.3 is 14.5 Å². The molecule has 3 aliphatic heterocycles. The largest absolute Gasteiger partial charge is 0.378 e. The average molecular weight is 292 g/mol. The molecular formula is C14H20N4O3. The number of carbonyl (C=O) groups is 2. The molecule has 1 saturated heterocycles. The van der Waals surface area contributed by atoms with Crippen LogP contribution in [-0.2, 0) is 14.3 Å². The molecule has 0 aromatic heterocycles. The number of allylic oxidation sites excluding steroid dienone is 1. The van der Waals surface area contributed by atoms with E-state index in [4.69, 9.17) is 4.74 Å². The lowest BCUT2D eigenvalue weighted by molar-refractivity contribution is -0.143. The summed E-state index contributed by atoms with van der Waals surface area (Å²) < 4.78 is 5.36. The molecule has 0 aliphatic carbocycles. The van der Waals surface area contributed by atoms with Crippen LogP contribution in [0, 0.1) is 11.8 Å². The molecule has 0 aromatic carbocycles. The van der Waals surface area contributed by atoms with Gasteiger partial charge in [0.1, 0.15) is 11.8 Å². The predicted octanol–water partition coefficient (Wildman–Crippen LogP) is -0.288. The summed E-state index contributed by atoms with van der Waals surface area (Å²) in [6, 6.07) is 0. The van der Waals surface area contributed by atoms with E-state index in [-0.39, 0.29) is 11.8 Å². The molecule has 2 atom stereocenters. The highest BCUT2D eigenvalue weighted by Gasteiger charge is 2.47. The molecule has 7 nitrogen and oxygen atoms in total. The molecular weight excluding hydrogens is 272 g/mol. The monoisotopic (exact) mass is 292 g/mol. The number of amides is 2. The number of rotatable bonds is 0. The van der Waals surface area contributed by atoms with E-state index in [0.29, 0.717) is 32.1 Å². The Labute approximate surface area is 123 Å². The molecule has 0 saturated carbocycles. The first-order valence-corrected chi connectivity index (χ1v) is 7.15. The van der Waals surface area contributed by atoms with Crippen molar-refractivity contribution in [1.82, 2.24) is 14.8 Å². The zero-order valence-electron chi connectivity index (χ0n) is 12.6. The van der Waals surface area contributed by atoms with Crippen LogP contribution in [0.4, 0.5) is 0 Å². The lowest BCUT2D eigenvalue weighted by atomic mass is 9.83. The van der Waals surface area contributed by atoms with Gasteiger partial charge in [0, 0.05) is 32.9 Å². The van der Waals surface area contributed by atoms with Crippen molar-refractivity contribution in [2.75, 3.05) is 40.4 Å². The average Bonchev–Trinajstić information content (AvgIpc) is 2.49. The minimum atomic E-state index is -0.513. The third-order valence-corrected chi connectivity index (χ3v) is 4.38. The van der Waals surface area contributed by atoms with Crippen molar-refractivity contribution in [3.63, 3.8) is 0 Å². The molecule has 0 radical (unpaired) electrons. The third kappa shape index (κ3) is 2.21. The van der Waals surface area contributed by atoms with Crippen LogP contribution < -0.4 is 0 Å². The second kappa shape index (κ2) is 5.14. The van der Waals surface area contributed by atoms with Crippen molar-refractivity contribution < 1.29 is 14.3 Å². The summed E-state index contributed by atoms with van der Waals surface area (Å²) in [5.74, 6) is -0.468. The van der Waals surface area contributed by atoms with Crippen molar-refractivity contribution in [1.29, 1.82) is 0 Å². The minimum absolute atomic E-state index is 0.0632. The number of morpholine rings is 1. The van der Waals surface area contributed by atoms with Gasteiger partial charge in [0.15, 0.2) is 0 Å². The predicted molar refractivity (Wildman–Crippen MR) is 76.1 cm³/mol. The Morgan fingerprint density at radius 2 is 1.86 bits per heavy atom. The maximum atomic E-state index is 12.7. The molecule has 0 bridgehead atoms. The van der Waals surface area contributed by atoms with Gasteiger partial charge in [-0.25, -0.2) is 5.01 Å². The smallest absolute Gasteiger partial charge is 0.250 e. The summed E-state index contributed by atoms with van der Waals surface area (Å²) in [5.41, 5.74) is 0.811. The molecule has 0 aromatic rings. The van der Waals surface area contributed by atoms with Crippen LogP contribution in [0.1, 0.15) is 6.92 Å². The zero-order chi connectivity index (χ0) is 15.1. The first-order chi connectivity index (χ1) is 10.0. The Hall–Kier alpha value is -1.89. The lowest BCUT2D eigenvalue weighted by Crippen LogP contribution is -2.57. The van der Waals surface area contributed by atoms with Crippen LogP contribution in [0.3, 0.4) is 0 Å². The topological polar surface area (TPSA) is 65.5 Å². The van der Waals surface area contributed by atoms with Crippen molar-refractivity contribution in [3.8, 4) is 0 Å². The number of nitrogens with zero attached hydrogens (tertiary/aromatic N) is 4. The van der Waals surface area contributed by atoms with Crippen molar-refractivity contribution in [2.24, 2.45) is 16.9 Å². The quantitative estimate of drug-likeness (QED) is 0.615. The Morgan fingerprint density at radius 1 is 1.19 bits per heavy atom. The molecule has 3 rings (SSSR count). The van der Waals surface area contributed by atoms with E-state index in [1.807, 2.05) is 13.0 Å². The maximum Gasteiger partial charge on any atom is 0.250 e. The second-order valence-corrected chi connectivity index (χ2v) is 5.63. The molecule has 1 fully saturated rings. The van der Waals surface area contributed by atoms with Crippen LogP contribution in [0.25, 0.3) is 0 Å². The van der Waals surface area contributed by atoms with Crippen LogP contribution in [-0.4, -0.2) is 72.9 Å². The van der Waals surface area contributed by atoms with Gasteiger partial charge in [-0.2, -0.15) is 5.10 Å². The van der Waals surface area contributed by atoms with E-state index in [2.05, 4.69) is 10.0 Å². The van der Waals surface area contributed by atoms with Crippen molar-refractivity contribution >= 4 is 17.6 Å². The molecule has 2 amide bonds. The van der Waals surface area contributed by atoms with E-state index in [1.165, 1.54) is 5.01 Å². The standard InChI is InChI=1S/C14H20N4O3/c1-9-8-10-11(14(20)16(9)2)12(15-17(3)13(10)19)18-4-6-21-7-5-18/h8,10-11H,4-7H2,1-3H3. The molecule has 3 aliphatic rings. The Bertz CT molecular complexity index is 536. The highest BCUT2D eigenvalue weighted by atomic mass is 16.5. The molecule has 0 spiro atoms. The van der Waals surface area contributed by atoms with Crippen molar-refractivity contribution in [2.45, 2.75) is 6.92 Å². The first-order valence-electron chi connectivity index (χ1n) is 7.15.